The molecule has 0 unspecified atom stereocenters. The van der Waals surface area contributed by atoms with Gasteiger partial charge in [-0.1, -0.05) is 0 Å². The number of ether oxygens (including phenoxy) is 1. The second-order valence-corrected chi connectivity index (χ2v) is 7.11. The number of amides is 3. The van der Waals surface area contributed by atoms with Gasteiger partial charge in [-0.05, 0) is 52.9 Å². The molecule has 0 aromatic carbocycles. The third-order valence-corrected chi connectivity index (χ3v) is 3.96. The molecule has 7 heteroatoms. The van der Waals surface area contributed by atoms with Crippen molar-refractivity contribution in [1.82, 2.24) is 10.2 Å². The first kappa shape index (κ1) is 16.6. The number of hydrogen-bond donors (Lipinski definition) is 2. The van der Waals surface area contributed by atoms with Crippen LogP contribution in [0.3, 0.4) is 0 Å². The van der Waals surface area contributed by atoms with E-state index in [2.05, 4.69) is 5.32 Å². The number of primary amides is 1. The van der Waals surface area contributed by atoms with Crippen LogP contribution in [0.2, 0.25) is 0 Å². The molecule has 7 nitrogen and oxygen atoms in total. The number of hydrogen-bond acceptors (Lipinski definition) is 4. The number of rotatable bonds is 3. The molecule has 0 aromatic heterocycles. The van der Waals surface area contributed by atoms with E-state index < -0.39 is 23.2 Å². The van der Waals surface area contributed by atoms with E-state index in [1.165, 1.54) is 0 Å². The van der Waals surface area contributed by atoms with Crippen LogP contribution in [-0.2, 0) is 14.3 Å². The fourth-order valence-electron chi connectivity index (χ4n) is 2.82. The van der Waals surface area contributed by atoms with Gasteiger partial charge < -0.3 is 20.7 Å². The molecule has 0 spiro atoms. The van der Waals surface area contributed by atoms with Crippen molar-refractivity contribution >= 4 is 17.9 Å². The summed E-state index contributed by atoms with van der Waals surface area (Å²) < 4.78 is 5.43. The van der Waals surface area contributed by atoms with Gasteiger partial charge in [0.05, 0.1) is 0 Å². The van der Waals surface area contributed by atoms with Gasteiger partial charge in [0.15, 0.2) is 0 Å². The smallest absolute Gasteiger partial charge is 0.329 e. The Morgan fingerprint density at radius 1 is 1.23 bits per heavy atom. The Labute approximate surface area is 130 Å². The van der Waals surface area contributed by atoms with Gasteiger partial charge in [-0.2, -0.15) is 0 Å². The van der Waals surface area contributed by atoms with E-state index in [-0.39, 0.29) is 11.9 Å². The number of nitrogens with one attached hydrogen (secondary N) is 1. The number of urea groups is 1. The van der Waals surface area contributed by atoms with E-state index in [1.807, 2.05) is 0 Å². The standard InChI is InChI=1S/C15H25N3O4/c1-14(2,3)22-11(19)10-6-4-5-9-18(10)12(20)15(7-8-15)17-13(16)21/h10H,4-9H2,1-3H3,(H3,16,17,21)/t10-/m0/s1. The van der Waals surface area contributed by atoms with Crippen LogP contribution in [0.25, 0.3) is 0 Å². The van der Waals surface area contributed by atoms with Crippen molar-refractivity contribution < 1.29 is 19.1 Å². The molecule has 0 aromatic rings. The molecule has 3 N–H and O–H groups in total. The molecule has 1 saturated carbocycles. The molecule has 124 valence electrons. The van der Waals surface area contributed by atoms with Gasteiger partial charge in [0.25, 0.3) is 0 Å². The van der Waals surface area contributed by atoms with Crippen LogP contribution >= 0.6 is 0 Å². The molecule has 2 fully saturated rings. The zero-order valence-corrected chi connectivity index (χ0v) is 13.5. The molecule has 2 rings (SSSR count). The maximum Gasteiger partial charge on any atom is 0.329 e. The first-order chi connectivity index (χ1) is 10.1. The van der Waals surface area contributed by atoms with E-state index in [1.54, 1.807) is 25.7 Å². The number of carbonyl (C=O) groups excluding carboxylic acids is 3. The zero-order valence-electron chi connectivity index (χ0n) is 13.5. The Morgan fingerprint density at radius 3 is 2.36 bits per heavy atom. The Bertz CT molecular complexity index is 480. The average molecular weight is 311 g/mol. The SMILES string of the molecule is CC(C)(C)OC(=O)[C@@H]1CCCCN1C(=O)C1(NC(N)=O)CC1. The van der Waals surface area contributed by atoms with Gasteiger partial charge in [-0.15, -0.1) is 0 Å². The summed E-state index contributed by atoms with van der Waals surface area (Å²) in [4.78, 5) is 37.8. The van der Waals surface area contributed by atoms with Crippen LogP contribution in [-0.4, -0.2) is 46.5 Å². The minimum atomic E-state index is -0.913. The van der Waals surface area contributed by atoms with Crippen LogP contribution in [0.15, 0.2) is 0 Å². The summed E-state index contributed by atoms with van der Waals surface area (Å²) >= 11 is 0. The Morgan fingerprint density at radius 2 is 1.86 bits per heavy atom. The van der Waals surface area contributed by atoms with Gasteiger partial charge in [0.1, 0.15) is 17.2 Å². The number of nitrogens with two attached hydrogens (primary N) is 1. The lowest BCUT2D eigenvalue weighted by Crippen LogP contribution is -2.58. The van der Waals surface area contributed by atoms with E-state index in [0.29, 0.717) is 25.8 Å². The highest BCUT2D eigenvalue weighted by Crippen LogP contribution is 2.38. The molecule has 1 aliphatic carbocycles. The predicted molar refractivity (Wildman–Crippen MR) is 79.9 cm³/mol. The molecular weight excluding hydrogens is 286 g/mol. The van der Waals surface area contributed by atoms with E-state index >= 15 is 0 Å². The number of nitrogens with zero attached hydrogens (tertiary/aromatic N) is 1. The lowest BCUT2D eigenvalue weighted by atomic mass is 10.00. The summed E-state index contributed by atoms with van der Waals surface area (Å²) in [6.07, 6.45) is 3.44. The summed E-state index contributed by atoms with van der Waals surface area (Å²) in [5.74, 6) is -0.600. The second-order valence-electron chi connectivity index (χ2n) is 7.11. The largest absolute Gasteiger partial charge is 0.458 e. The molecule has 1 aliphatic heterocycles. The first-order valence-corrected chi connectivity index (χ1v) is 7.76. The molecule has 22 heavy (non-hydrogen) atoms. The molecule has 3 amide bonds. The van der Waals surface area contributed by atoms with Crippen molar-refractivity contribution in [2.45, 2.75) is 70.1 Å². The molecule has 0 bridgehead atoms. The van der Waals surface area contributed by atoms with Crippen LogP contribution in [0.4, 0.5) is 4.79 Å². The second kappa shape index (κ2) is 5.78. The first-order valence-electron chi connectivity index (χ1n) is 7.76. The minimum absolute atomic E-state index is 0.221. The van der Waals surface area contributed by atoms with E-state index in [4.69, 9.17) is 10.5 Å². The van der Waals surface area contributed by atoms with Crippen molar-refractivity contribution in [3.05, 3.63) is 0 Å². The van der Waals surface area contributed by atoms with Gasteiger partial charge in [0.2, 0.25) is 5.91 Å². The van der Waals surface area contributed by atoms with Crippen molar-refractivity contribution in [3.63, 3.8) is 0 Å². The van der Waals surface area contributed by atoms with Gasteiger partial charge in [-0.25, -0.2) is 9.59 Å². The molecule has 1 heterocycles. The van der Waals surface area contributed by atoms with Crippen LogP contribution in [0.5, 0.6) is 0 Å². The Kier molecular flexibility index (Phi) is 4.35. The summed E-state index contributed by atoms with van der Waals surface area (Å²) in [6, 6.07) is -1.29. The van der Waals surface area contributed by atoms with Crippen LogP contribution < -0.4 is 11.1 Å². The molecule has 2 aliphatic rings. The molecule has 1 saturated heterocycles. The zero-order chi connectivity index (χ0) is 16.5. The number of esters is 1. The Hall–Kier alpha value is -1.79. The molecular formula is C15H25N3O4. The normalized spacial score (nSPS) is 23.6. The third kappa shape index (κ3) is 3.69. The predicted octanol–water partition coefficient (Wildman–Crippen LogP) is 0.910. The van der Waals surface area contributed by atoms with Gasteiger partial charge in [-0.3, -0.25) is 4.79 Å². The van der Waals surface area contributed by atoms with Crippen LogP contribution in [0.1, 0.15) is 52.9 Å². The minimum Gasteiger partial charge on any atom is -0.458 e. The highest BCUT2D eigenvalue weighted by atomic mass is 16.6. The summed E-state index contributed by atoms with van der Waals surface area (Å²) in [5, 5.41) is 2.53. The molecule has 0 radical (unpaired) electrons. The summed E-state index contributed by atoms with van der Waals surface area (Å²) in [7, 11) is 0. The lowest BCUT2D eigenvalue weighted by Gasteiger charge is -2.37. The van der Waals surface area contributed by atoms with Crippen molar-refractivity contribution in [2.75, 3.05) is 6.54 Å². The topological polar surface area (TPSA) is 102 Å². The maximum atomic E-state index is 12.7. The summed E-state index contributed by atoms with van der Waals surface area (Å²) in [6.45, 7) is 5.91. The van der Waals surface area contributed by atoms with E-state index in [0.717, 1.165) is 12.8 Å². The maximum absolute atomic E-state index is 12.7. The van der Waals surface area contributed by atoms with Gasteiger partial charge in [0, 0.05) is 6.54 Å². The van der Waals surface area contributed by atoms with Crippen molar-refractivity contribution in [3.8, 4) is 0 Å². The number of carbonyl (C=O) groups is 3. The Balaban J connectivity index is 2.11. The fraction of sp³-hybridized carbons (Fsp3) is 0.800. The van der Waals surface area contributed by atoms with Crippen LogP contribution in [0, 0.1) is 0 Å². The number of piperidine rings is 1. The van der Waals surface area contributed by atoms with Crippen molar-refractivity contribution in [1.29, 1.82) is 0 Å². The van der Waals surface area contributed by atoms with Crippen molar-refractivity contribution in [2.24, 2.45) is 5.73 Å². The van der Waals surface area contributed by atoms with Gasteiger partial charge >= 0.3 is 12.0 Å². The lowest BCUT2D eigenvalue weighted by molar-refractivity contribution is -0.167. The average Bonchev–Trinajstić information content (AvgIpc) is 3.16. The fourth-order valence-corrected chi connectivity index (χ4v) is 2.82. The number of likely N-dealkylation sites (tertiary alicyclic amines) is 1. The third-order valence-electron chi connectivity index (χ3n) is 3.96. The van der Waals surface area contributed by atoms with E-state index in [9.17, 15) is 14.4 Å². The molecule has 1 atom stereocenters. The highest BCUT2D eigenvalue weighted by Gasteiger charge is 2.54. The highest BCUT2D eigenvalue weighted by molar-refractivity contribution is 5.96. The summed E-state index contributed by atoms with van der Waals surface area (Å²) in [5.41, 5.74) is 3.65. The quantitative estimate of drug-likeness (QED) is 0.756. The monoisotopic (exact) mass is 311 g/mol.